The predicted molar refractivity (Wildman–Crippen MR) is 56.1 cm³/mol. The molecule has 0 fully saturated rings. The van der Waals surface area contributed by atoms with Crippen LogP contribution < -0.4 is 4.74 Å². The Morgan fingerprint density at radius 2 is 2.33 bits per heavy atom. The minimum Gasteiger partial charge on any atom is -0.492 e. The molecule has 0 bridgehead atoms. The molecular weight excluding hydrogens is 192 g/mol. The lowest BCUT2D eigenvalue weighted by molar-refractivity contribution is -0.142. The van der Waals surface area contributed by atoms with Crippen molar-refractivity contribution in [2.75, 3.05) is 6.61 Å². The van der Waals surface area contributed by atoms with E-state index in [0.29, 0.717) is 6.42 Å². The lowest BCUT2D eigenvalue weighted by Gasteiger charge is -2.10. The number of aliphatic carboxylic acids is 1. The van der Waals surface area contributed by atoms with Gasteiger partial charge in [-0.2, -0.15) is 0 Å². The normalized spacial score (nSPS) is 19.9. The molecule has 0 aromatic heterocycles. The van der Waals surface area contributed by atoms with Gasteiger partial charge in [0.1, 0.15) is 12.4 Å². The molecule has 0 aliphatic carbocycles. The summed E-state index contributed by atoms with van der Waals surface area (Å²) in [5, 5.41) is 8.93. The van der Waals surface area contributed by atoms with E-state index in [1.54, 1.807) is 0 Å². The molecule has 1 unspecified atom stereocenters. The maximum Gasteiger partial charge on any atom is 0.309 e. The van der Waals surface area contributed by atoms with Gasteiger partial charge in [0.15, 0.2) is 0 Å². The van der Waals surface area contributed by atoms with E-state index < -0.39 is 5.97 Å². The Bertz CT molecular complexity index is 384. The van der Waals surface area contributed by atoms with Crippen LogP contribution >= 0.6 is 0 Å². The molecule has 3 heteroatoms. The number of para-hydroxylation sites is 1. The first-order valence-corrected chi connectivity index (χ1v) is 5.12. The summed E-state index contributed by atoms with van der Waals surface area (Å²) in [6, 6.07) is 5.98. The molecular formula is C12H14O3. The minimum absolute atomic E-state index is 0.285. The largest absolute Gasteiger partial charge is 0.492 e. The Balaban J connectivity index is 2.25. The molecule has 15 heavy (non-hydrogen) atoms. The average Bonchev–Trinajstić information content (AvgIpc) is 2.41. The Hall–Kier alpha value is -1.51. The summed E-state index contributed by atoms with van der Waals surface area (Å²) in [5.41, 5.74) is 2.21. The second-order valence-corrected chi connectivity index (χ2v) is 3.95. The molecule has 2 rings (SSSR count). The standard InChI is InChI=1S/C12H14O3/c1-8-3-2-4-9-5-6-10(12(13)14)7-15-11(8)9/h2-4,10H,5-7H2,1H3,(H,13,14). The Morgan fingerprint density at radius 3 is 3.07 bits per heavy atom. The lowest BCUT2D eigenvalue weighted by Crippen LogP contribution is -2.20. The number of carboxylic acid groups (broad SMARTS) is 1. The molecule has 0 saturated carbocycles. The summed E-state index contributed by atoms with van der Waals surface area (Å²) in [7, 11) is 0. The first-order chi connectivity index (χ1) is 7.18. The van der Waals surface area contributed by atoms with Crippen LogP contribution in [0.5, 0.6) is 5.75 Å². The second-order valence-electron chi connectivity index (χ2n) is 3.95. The van der Waals surface area contributed by atoms with Crippen molar-refractivity contribution in [1.29, 1.82) is 0 Å². The van der Waals surface area contributed by atoms with Crippen LogP contribution in [-0.4, -0.2) is 17.7 Å². The molecule has 3 nitrogen and oxygen atoms in total. The van der Waals surface area contributed by atoms with Crippen molar-refractivity contribution in [1.82, 2.24) is 0 Å². The van der Waals surface area contributed by atoms with Crippen LogP contribution in [0.3, 0.4) is 0 Å². The van der Waals surface area contributed by atoms with Crippen molar-refractivity contribution in [3.8, 4) is 5.75 Å². The molecule has 1 heterocycles. The van der Waals surface area contributed by atoms with Gasteiger partial charge in [0.25, 0.3) is 0 Å². The summed E-state index contributed by atoms with van der Waals surface area (Å²) >= 11 is 0. The van der Waals surface area contributed by atoms with Crippen LogP contribution in [0, 0.1) is 12.8 Å². The zero-order chi connectivity index (χ0) is 10.8. The van der Waals surface area contributed by atoms with Crippen molar-refractivity contribution >= 4 is 5.97 Å². The summed E-state index contributed by atoms with van der Waals surface area (Å²) in [6.45, 7) is 2.27. The van der Waals surface area contributed by atoms with Gasteiger partial charge in [-0.05, 0) is 30.9 Å². The van der Waals surface area contributed by atoms with Gasteiger partial charge in [-0.1, -0.05) is 18.2 Å². The van der Waals surface area contributed by atoms with Crippen LogP contribution in [0.4, 0.5) is 0 Å². The van der Waals surface area contributed by atoms with Crippen LogP contribution in [0.2, 0.25) is 0 Å². The van der Waals surface area contributed by atoms with Gasteiger partial charge in [0.05, 0.1) is 5.92 Å². The monoisotopic (exact) mass is 206 g/mol. The SMILES string of the molecule is Cc1cccc2c1OCC(C(=O)O)CC2. The summed E-state index contributed by atoms with van der Waals surface area (Å²) in [4.78, 5) is 10.9. The zero-order valence-electron chi connectivity index (χ0n) is 8.69. The van der Waals surface area contributed by atoms with Crippen molar-refractivity contribution in [2.24, 2.45) is 5.92 Å². The molecule has 1 aromatic carbocycles. The highest BCUT2D eigenvalue weighted by atomic mass is 16.5. The highest BCUT2D eigenvalue weighted by molar-refractivity contribution is 5.70. The number of hydrogen-bond donors (Lipinski definition) is 1. The molecule has 0 saturated heterocycles. The van der Waals surface area contributed by atoms with Gasteiger partial charge in [-0.25, -0.2) is 0 Å². The third-order valence-corrected chi connectivity index (χ3v) is 2.83. The van der Waals surface area contributed by atoms with Crippen LogP contribution in [0.15, 0.2) is 18.2 Å². The highest BCUT2D eigenvalue weighted by Gasteiger charge is 2.23. The fraction of sp³-hybridized carbons (Fsp3) is 0.417. The average molecular weight is 206 g/mol. The second kappa shape index (κ2) is 3.93. The van der Waals surface area contributed by atoms with Crippen LogP contribution in [0.25, 0.3) is 0 Å². The molecule has 0 radical (unpaired) electrons. The van der Waals surface area contributed by atoms with Crippen molar-refractivity contribution in [3.63, 3.8) is 0 Å². The van der Waals surface area contributed by atoms with Gasteiger partial charge < -0.3 is 9.84 Å². The summed E-state index contributed by atoms with van der Waals surface area (Å²) < 4.78 is 5.57. The van der Waals surface area contributed by atoms with E-state index in [0.717, 1.165) is 23.3 Å². The number of carboxylic acids is 1. The van der Waals surface area contributed by atoms with E-state index in [2.05, 4.69) is 0 Å². The first kappa shape index (κ1) is 10.0. The van der Waals surface area contributed by atoms with E-state index in [4.69, 9.17) is 9.84 Å². The molecule has 1 aliphatic heterocycles. The molecule has 0 amide bonds. The van der Waals surface area contributed by atoms with Crippen LogP contribution in [0.1, 0.15) is 17.5 Å². The number of carbonyl (C=O) groups is 1. The van der Waals surface area contributed by atoms with E-state index in [9.17, 15) is 4.79 Å². The van der Waals surface area contributed by atoms with Gasteiger partial charge in [0.2, 0.25) is 0 Å². The topological polar surface area (TPSA) is 46.5 Å². The smallest absolute Gasteiger partial charge is 0.309 e. The summed E-state index contributed by atoms with van der Waals surface area (Å²) in [5.74, 6) is -0.265. The van der Waals surface area contributed by atoms with Gasteiger partial charge in [0, 0.05) is 0 Å². The number of ether oxygens (including phenoxy) is 1. The number of benzene rings is 1. The third kappa shape index (κ3) is 1.96. The van der Waals surface area contributed by atoms with Crippen molar-refractivity contribution in [3.05, 3.63) is 29.3 Å². The molecule has 80 valence electrons. The third-order valence-electron chi connectivity index (χ3n) is 2.83. The number of rotatable bonds is 1. The van der Waals surface area contributed by atoms with Crippen molar-refractivity contribution < 1.29 is 14.6 Å². The molecule has 1 atom stereocenters. The van der Waals surface area contributed by atoms with E-state index in [1.807, 2.05) is 25.1 Å². The maximum atomic E-state index is 10.9. The highest BCUT2D eigenvalue weighted by Crippen LogP contribution is 2.29. The van der Waals surface area contributed by atoms with E-state index in [-0.39, 0.29) is 12.5 Å². The van der Waals surface area contributed by atoms with Crippen LogP contribution in [-0.2, 0) is 11.2 Å². The fourth-order valence-electron chi connectivity index (χ4n) is 1.91. The Kier molecular flexibility index (Phi) is 2.62. The molecule has 1 aliphatic rings. The maximum absolute atomic E-state index is 10.9. The first-order valence-electron chi connectivity index (χ1n) is 5.12. The number of fused-ring (bicyclic) bond motifs is 1. The summed E-state index contributed by atoms with van der Waals surface area (Å²) in [6.07, 6.45) is 1.44. The Labute approximate surface area is 88.7 Å². The predicted octanol–water partition coefficient (Wildman–Crippen LogP) is 2.02. The number of aryl methyl sites for hydroxylation is 2. The van der Waals surface area contributed by atoms with Gasteiger partial charge >= 0.3 is 5.97 Å². The zero-order valence-corrected chi connectivity index (χ0v) is 8.69. The number of hydrogen-bond acceptors (Lipinski definition) is 2. The van der Waals surface area contributed by atoms with Crippen molar-refractivity contribution in [2.45, 2.75) is 19.8 Å². The van der Waals surface area contributed by atoms with Gasteiger partial charge in [-0.15, -0.1) is 0 Å². The quantitative estimate of drug-likeness (QED) is 0.764. The van der Waals surface area contributed by atoms with Gasteiger partial charge in [-0.3, -0.25) is 4.79 Å². The van der Waals surface area contributed by atoms with E-state index in [1.165, 1.54) is 0 Å². The molecule has 1 N–H and O–H groups in total. The lowest BCUT2D eigenvalue weighted by atomic mass is 10.0. The Morgan fingerprint density at radius 1 is 1.53 bits per heavy atom. The molecule has 0 spiro atoms. The fourth-order valence-corrected chi connectivity index (χ4v) is 1.91. The molecule has 1 aromatic rings. The van der Waals surface area contributed by atoms with E-state index >= 15 is 0 Å². The minimum atomic E-state index is -0.763.